The van der Waals surface area contributed by atoms with Crippen molar-refractivity contribution in [2.75, 3.05) is 18.0 Å². The zero-order valence-electron chi connectivity index (χ0n) is 11.1. The summed E-state index contributed by atoms with van der Waals surface area (Å²) in [6.07, 6.45) is 1.45. The Kier molecular flexibility index (Phi) is 4.19. The van der Waals surface area contributed by atoms with Gasteiger partial charge in [0.05, 0.1) is 12.7 Å². The topological polar surface area (TPSA) is 56.6 Å². The van der Waals surface area contributed by atoms with Gasteiger partial charge in [0, 0.05) is 18.8 Å². The monoisotopic (exact) mass is 250 g/mol. The SMILES string of the molecule is CCc1cc(CO)cc(N2CCC(O)C(C)C2)n1. The highest BCUT2D eigenvalue weighted by Crippen LogP contribution is 2.23. The van der Waals surface area contributed by atoms with Crippen LogP contribution in [0.4, 0.5) is 5.82 Å². The molecule has 1 aromatic rings. The van der Waals surface area contributed by atoms with E-state index in [9.17, 15) is 10.2 Å². The lowest BCUT2D eigenvalue weighted by Crippen LogP contribution is -2.42. The number of nitrogens with zero attached hydrogens (tertiary/aromatic N) is 2. The molecule has 100 valence electrons. The molecule has 2 rings (SSSR count). The van der Waals surface area contributed by atoms with Crippen molar-refractivity contribution < 1.29 is 10.2 Å². The van der Waals surface area contributed by atoms with Crippen molar-refractivity contribution in [3.05, 3.63) is 23.4 Å². The molecule has 2 heterocycles. The van der Waals surface area contributed by atoms with Crippen molar-refractivity contribution >= 4 is 5.82 Å². The smallest absolute Gasteiger partial charge is 0.129 e. The number of hydrogen-bond acceptors (Lipinski definition) is 4. The van der Waals surface area contributed by atoms with E-state index in [0.29, 0.717) is 0 Å². The summed E-state index contributed by atoms with van der Waals surface area (Å²) in [4.78, 5) is 6.82. The number of rotatable bonds is 3. The first-order valence-corrected chi connectivity index (χ1v) is 6.67. The molecule has 2 N–H and O–H groups in total. The first-order chi connectivity index (χ1) is 8.63. The van der Waals surface area contributed by atoms with E-state index in [1.54, 1.807) is 0 Å². The average Bonchev–Trinajstić information content (AvgIpc) is 2.41. The van der Waals surface area contributed by atoms with Gasteiger partial charge in [0.1, 0.15) is 5.82 Å². The molecule has 2 atom stereocenters. The molecule has 1 aliphatic heterocycles. The fraction of sp³-hybridized carbons (Fsp3) is 0.643. The largest absolute Gasteiger partial charge is 0.393 e. The second-order valence-corrected chi connectivity index (χ2v) is 5.12. The van der Waals surface area contributed by atoms with Crippen LogP contribution in [0.1, 0.15) is 31.5 Å². The van der Waals surface area contributed by atoms with Crippen LogP contribution in [-0.2, 0) is 13.0 Å². The van der Waals surface area contributed by atoms with E-state index in [4.69, 9.17) is 0 Å². The highest BCUT2D eigenvalue weighted by molar-refractivity contribution is 5.43. The van der Waals surface area contributed by atoms with Crippen molar-refractivity contribution in [3.8, 4) is 0 Å². The number of aromatic nitrogens is 1. The Morgan fingerprint density at radius 1 is 1.44 bits per heavy atom. The van der Waals surface area contributed by atoms with Crippen molar-refractivity contribution in [2.45, 2.75) is 39.4 Å². The zero-order chi connectivity index (χ0) is 13.1. The number of anilines is 1. The molecule has 1 aliphatic rings. The van der Waals surface area contributed by atoms with Crippen LogP contribution in [0.3, 0.4) is 0 Å². The van der Waals surface area contributed by atoms with Gasteiger partial charge in [-0.25, -0.2) is 4.98 Å². The summed E-state index contributed by atoms with van der Waals surface area (Å²) >= 11 is 0. The fourth-order valence-electron chi connectivity index (χ4n) is 2.41. The minimum absolute atomic E-state index is 0.0501. The number of aliphatic hydroxyl groups is 2. The lowest BCUT2D eigenvalue weighted by molar-refractivity contribution is 0.0968. The first-order valence-electron chi connectivity index (χ1n) is 6.67. The van der Waals surface area contributed by atoms with Gasteiger partial charge in [0.2, 0.25) is 0 Å². The molecule has 1 fully saturated rings. The number of aliphatic hydroxyl groups excluding tert-OH is 2. The van der Waals surface area contributed by atoms with Crippen LogP contribution in [0.15, 0.2) is 12.1 Å². The highest BCUT2D eigenvalue weighted by Gasteiger charge is 2.25. The van der Waals surface area contributed by atoms with Crippen molar-refractivity contribution in [2.24, 2.45) is 5.92 Å². The van der Waals surface area contributed by atoms with E-state index in [-0.39, 0.29) is 18.6 Å². The number of piperidine rings is 1. The molecule has 0 bridgehead atoms. The van der Waals surface area contributed by atoms with Gasteiger partial charge in [0.15, 0.2) is 0 Å². The van der Waals surface area contributed by atoms with Gasteiger partial charge < -0.3 is 15.1 Å². The molecular weight excluding hydrogens is 228 g/mol. The third-order valence-electron chi connectivity index (χ3n) is 3.65. The maximum absolute atomic E-state index is 9.76. The van der Waals surface area contributed by atoms with Crippen LogP contribution < -0.4 is 4.90 Å². The predicted molar refractivity (Wildman–Crippen MR) is 71.5 cm³/mol. The molecule has 0 amide bonds. The number of pyridine rings is 1. The maximum Gasteiger partial charge on any atom is 0.129 e. The van der Waals surface area contributed by atoms with Crippen LogP contribution >= 0.6 is 0 Å². The van der Waals surface area contributed by atoms with Gasteiger partial charge in [-0.1, -0.05) is 13.8 Å². The normalized spacial score (nSPS) is 24.3. The summed E-state index contributed by atoms with van der Waals surface area (Å²) in [7, 11) is 0. The fourth-order valence-corrected chi connectivity index (χ4v) is 2.41. The Morgan fingerprint density at radius 2 is 2.22 bits per heavy atom. The Morgan fingerprint density at radius 3 is 2.83 bits per heavy atom. The summed E-state index contributed by atoms with van der Waals surface area (Å²) in [5.74, 6) is 1.19. The van der Waals surface area contributed by atoms with Gasteiger partial charge >= 0.3 is 0 Å². The molecular formula is C14H22N2O2. The van der Waals surface area contributed by atoms with Gasteiger partial charge in [-0.3, -0.25) is 0 Å². The van der Waals surface area contributed by atoms with Gasteiger partial charge in [-0.15, -0.1) is 0 Å². The molecule has 18 heavy (non-hydrogen) atoms. The van der Waals surface area contributed by atoms with E-state index in [0.717, 1.165) is 43.0 Å². The highest BCUT2D eigenvalue weighted by atomic mass is 16.3. The van der Waals surface area contributed by atoms with E-state index in [2.05, 4.69) is 23.7 Å². The minimum atomic E-state index is -0.201. The second kappa shape index (κ2) is 5.67. The van der Waals surface area contributed by atoms with Crippen LogP contribution in [-0.4, -0.2) is 34.4 Å². The van der Waals surface area contributed by atoms with Crippen molar-refractivity contribution in [1.82, 2.24) is 4.98 Å². The summed E-state index contributed by atoms with van der Waals surface area (Å²) in [5, 5.41) is 19.0. The molecule has 0 aromatic carbocycles. The number of aryl methyl sites for hydroxylation is 1. The van der Waals surface area contributed by atoms with E-state index >= 15 is 0 Å². The summed E-state index contributed by atoms with van der Waals surface area (Å²) in [6, 6.07) is 3.90. The van der Waals surface area contributed by atoms with Crippen molar-refractivity contribution in [1.29, 1.82) is 0 Å². The van der Waals surface area contributed by atoms with E-state index in [1.807, 2.05) is 12.1 Å². The minimum Gasteiger partial charge on any atom is -0.393 e. The average molecular weight is 250 g/mol. The van der Waals surface area contributed by atoms with E-state index in [1.165, 1.54) is 0 Å². The molecule has 0 aliphatic carbocycles. The molecule has 0 spiro atoms. The molecule has 4 nitrogen and oxygen atoms in total. The quantitative estimate of drug-likeness (QED) is 0.850. The van der Waals surface area contributed by atoms with Gasteiger partial charge in [-0.2, -0.15) is 0 Å². The molecule has 2 unspecified atom stereocenters. The summed E-state index contributed by atoms with van der Waals surface area (Å²) in [6.45, 7) is 5.83. The van der Waals surface area contributed by atoms with Crippen molar-refractivity contribution in [3.63, 3.8) is 0 Å². The lowest BCUT2D eigenvalue weighted by Gasteiger charge is -2.35. The number of hydrogen-bond donors (Lipinski definition) is 2. The predicted octanol–water partition coefficient (Wildman–Crippen LogP) is 1.34. The maximum atomic E-state index is 9.76. The van der Waals surface area contributed by atoms with Crippen LogP contribution in [0.25, 0.3) is 0 Å². The molecule has 4 heteroatoms. The molecule has 1 saturated heterocycles. The van der Waals surface area contributed by atoms with Crippen LogP contribution in [0, 0.1) is 5.92 Å². The van der Waals surface area contributed by atoms with Crippen LogP contribution in [0.5, 0.6) is 0 Å². The molecule has 0 radical (unpaired) electrons. The summed E-state index contributed by atoms with van der Waals surface area (Å²) in [5.41, 5.74) is 1.92. The first kappa shape index (κ1) is 13.3. The Bertz CT molecular complexity index is 387. The lowest BCUT2D eigenvalue weighted by atomic mass is 9.96. The molecule has 0 saturated carbocycles. The van der Waals surface area contributed by atoms with Gasteiger partial charge in [0.25, 0.3) is 0 Å². The van der Waals surface area contributed by atoms with Gasteiger partial charge in [-0.05, 0) is 36.5 Å². The summed E-state index contributed by atoms with van der Waals surface area (Å²) < 4.78 is 0. The zero-order valence-corrected chi connectivity index (χ0v) is 11.1. The van der Waals surface area contributed by atoms with Crippen LogP contribution in [0.2, 0.25) is 0 Å². The Balaban J connectivity index is 2.22. The second-order valence-electron chi connectivity index (χ2n) is 5.12. The standard InChI is InChI=1S/C14H22N2O2/c1-3-12-6-11(9-17)7-14(15-12)16-5-4-13(18)10(2)8-16/h6-7,10,13,17-18H,3-5,8-9H2,1-2H3. The Labute approximate surface area is 108 Å². The Hall–Kier alpha value is -1.13. The molecule has 1 aromatic heterocycles. The van der Waals surface area contributed by atoms with E-state index < -0.39 is 0 Å². The third-order valence-corrected chi connectivity index (χ3v) is 3.65. The third kappa shape index (κ3) is 2.82.